The Bertz CT molecular complexity index is 600. The van der Waals surface area contributed by atoms with E-state index >= 15 is 0 Å². The van der Waals surface area contributed by atoms with Gasteiger partial charge in [0.25, 0.3) is 0 Å². The van der Waals surface area contributed by atoms with Gasteiger partial charge in [0.2, 0.25) is 0 Å². The minimum atomic E-state index is -0.489. The molecule has 17 heavy (non-hydrogen) atoms. The van der Waals surface area contributed by atoms with Gasteiger partial charge < -0.3 is 0 Å². The highest BCUT2D eigenvalue weighted by molar-refractivity contribution is 5.83. The van der Waals surface area contributed by atoms with Crippen LogP contribution in [-0.2, 0) is 6.54 Å². The maximum atomic E-state index is 13.6. The Kier molecular flexibility index (Phi) is 2.92. The molecule has 0 saturated heterocycles. The van der Waals surface area contributed by atoms with Crippen LogP contribution >= 0.6 is 0 Å². The molecular weight excluding hydrogens is 223 g/mol. The molecule has 5 nitrogen and oxygen atoms in total. The molecule has 6 heteroatoms. The maximum Gasteiger partial charge on any atom is 0.172 e. The smallest absolute Gasteiger partial charge is 0.172 e. The van der Waals surface area contributed by atoms with Crippen molar-refractivity contribution in [1.82, 2.24) is 15.0 Å². The summed E-state index contributed by atoms with van der Waals surface area (Å²) in [5.74, 6) is -0.489. The Hall–Kier alpha value is -2.55. The van der Waals surface area contributed by atoms with Gasteiger partial charge in [-0.2, -0.15) is 5.26 Å². The van der Waals surface area contributed by atoms with Crippen LogP contribution in [0.2, 0.25) is 0 Å². The van der Waals surface area contributed by atoms with Gasteiger partial charge in [-0.15, -0.1) is 5.10 Å². The Morgan fingerprint density at radius 3 is 2.88 bits per heavy atom. The van der Waals surface area contributed by atoms with Crippen LogP contribution in [-0.4, -0.2) is 21.3 Å². The van der Waals surface area contributed by atoms with Gasteiger partial charge in [-0.3, -0.25) is 4.79 Å². The number of halogens is 1. The molecule has 0 N–H and O–H groups in total. The molecule has 2 aromatic rings. The Morgan fingerprint density at radius 1 is 1.47 bits per heavy atom. The summed E-state index contributed by atoms with van der Waals surface area (Å²) in [6, 6.07) is 7.83. The molecule has 0 unspecified atom stereocenters. The second-order valence-electron chi connectivity index (χ2n) is 3.24. The number of nitrogens with zero attached hydrogens (tertiary/aromatic N) is 4. The van der Waals surface area contributed by atoms with E-state index in [1.165, 1.54) is 22.9 Å². The van der Waals surface area contributed by atoms with E-state index in [9.17, 15) is 9.18 Å². The number of carbonyl (C=O) groups excluding carboxylic acids is 1. The summed E-state index contributed by atoms with van der Waals surface area (Å²) in [6.45, 7) is -0.0928. The summed E-state index contributed by atoms with van der Waals surface area (Å²) in [5.41, 5.74) is 0.444. The number of aromatic nitrogens is 3. The predicted octanol–water partition coefficient (Wildman–Crippen LogP) is 1.42. The molecule has 0 saturated carbocycles. The number of rotatable bonds is 3. The molecule has 0 bridgehead atoms. The summed E-state index contributed by atoms with van der Waals surface area (Å²) in [6.07, 6.45) is 0.489. The third-order valence-electron chi connectivity index (χ3n) is 2.22. The first-order valence-corrected chi connectivity index (χ1v) is 4.78. The minimum Gasteiger partial charge on any atom is -0.296 e. The van der Waals surface area contributed by atoms with Gasteiger partial charge in [0.1, 0.15) is 18.1 Å². The van der Waals surface area contributed by atoms with Crippen LogP contribution in [0.1, 0.15) is 10.5 Å². The monoisotopic (exact) mass is 230 g/mol. The fourth-order valence-corrected chi connectivity index (χ4v) is 1.51. The highest BCUT2D eigenvalue weighted by Gasteiger charge is 2.17. The molecule has 84 valence electrons. The third kappa shape index (κ3) is 1.90. The second kappa shape index (κ2) is 4.53. The summed E-state index contributed by atoms with van der Waals surface area (Å²) in [5, 5.41) is 15.9. The first kappa shape index (κ1) is 11.0. The van der Waals surface area contributed by atoms with Crippen molar-refractivity contribution in [3.05, 3.63) is 35.8 Å². The van der Waals surface area contributed by atoms with Crippen LogP contribution in [0.25, 0.3) is 11.3 Å². The summed E-state index contributed by atoms with van der Waals surface area (Å²) < 4.78 is 14.8. The van der Waals surface area contributed by atoms with Crippen molar-refractivity contribution in [2.75, 3.05) is 0 Å². The van der Waals surface area contributed by atoms with E-state index < -0.39 is 5.82 Å². The molecular formula is C11H7FN4O. The van der Waals surface area contributed by atoms with Gasteiger partial charge in [0.05, 0.1) is 6.07 Å². The van der Waals surface area contributed by atoms with Gasteiger partial charge in [-0.1, -0.05) is 17.3 Å². The van der Waals surface area contributed by atoms with E-state index in [1.54, 1.807) is 6.07 Å². The molecule has 0 spiro atoms. The highest BCUT2D eigenvalue weighted by Crippen LogP contribution is 2.23. The van der Waals surface area contributed by atoms with Crippen LogP contribution in [0, 0.1) is 17.1 Å². The van der Waals surface area contributed by atoms with Crippen molar-refractivity contribution in [1.29, 1.82) is 5.26 Å². The Balaban J connectivity index is 2.65. The van der Waals surface area contributed by atoms with Gasteiger partial charge >= 0.3 is 0 Å². The van der Waals surface area contributed by atoms with E-state index in [0.29, 0.717) is 6.29 Å². The third-order valence-corrected chi connectivity index (χ3v) is 2.22. The zero-order valence-electron chi connectivity index (χ0n) is 8.67. The van der Waals surface area contributed by atoms with Crippen molar-refractivity contribution >= 4 is 6.29 Å². The van der Waals surface area contributed by atoms with E-state index in [-0.39, 0.29) is 23.5 Å². The molecule has 2 rings (SSSR count). The zero-order chi connectivity index (χ0) is 12.3. The highest BCUT2D eigenvalue weighted by atomic mass is 19.1. The van der Waals surface area contributed by atoms with Gasteiger partial charge in [0, 0.05) is 5.56 Å². The molecule has 1 heterocycles. The standard InChI is InChI=1S/C11H7FN4O/c12-9-4-2-1-3-8(9)11-10(7-17)14-15-16(11)6-5-13/h1-4,7H,6H2. The molecule has 1 aromatic heterocycles. The lowest BCUT2D eigenvalue weighted by atomic mass is 10.1. The van der Waals surface area contributed by atoms with E-state index in [0.717, 1.165) is 0 Å². The maximum absolute atomic E-state index is 13.6. The second-order valence-corrected chi connectivity index (χ2v) is 3.24. The SMILES string of the molecule is N#CCn1nnc(C=O)c1-c1ccccc1F. The molecule has 0 fully saturated rings. The average Bonchev–Trinajstić information content (AvgIpc) is 2.73. The minimum absolute atomic E-state index is 0.0188. The van der Waals surface area contributed by atoms with E-state index in [4.69, 9.17) is 5.26 Å². The predicted molar refractivity (Wildman–Crippen MR) is 56.4 cm³/mol. The van der Waals surface area contributed by atoms with Crippen LogP contribution in [0.3, 0.4) is 0 Å². The van der Waals surface area contributed by atoms with Crippen LogP contribution in [0.4, 0.5) is 4.39 Å². The number of hydrogen-bond acceptors (Lipinski definition) is 4. The quantitative estimate of drug-likeness (QED) is 0.747. The average molecular weight is 230 g/mol. The van der Waals surface area contributed by atoms with Gasteiger partial charge in [-0.25, -0.2) is 9.07 Å². The van der Waals surface area contributed by atoms with Gasteiger partial charge in [0.15, 0.2) is 12.0 Å². The fraction of sp³-hybridized carbons (Fsp3) is 0.0909. The number of hydrogen-bond donors (Lipinski definition) is 0. The zero-order valence-corrected chi connectivity index (χ0v) is 8.67. The first-order valence-electron chi connectivity index (χ1n) is 4.78. The van der Waals surface area contributed by atoms with Crippen molar-refractivity contribution in [2.45, 2.75) is 6.54 Å². The van der Waals surface area contributed by atoms with Gasteiger partial charge in [-0.05, 0) is 12.1 Å². The lowest BCUT2D eigenvalue weighted by Crippen LogP contribution is -2.02. The van der Waals surface area contributed by atoms with E-state index in [2.05, 4.69) is 10.3 Å². The van der Waals surface area contributed by atoms with Crippen molar-refractivity contribution in [2.24, 2.45) is 0 Å². The molecule has 0 aliphatic heterocycles. The van der Waals surface area contributed by atoms with Crippen LogP contribution < -0.4 is 0 Å². The number of aldehydes is 1. The lowest BCUT2D eigenvalue weighted by Gasteiger charge is -2.04. The van der Waals surface area contributed by atoms with Crippen molar-refractivity contribution in [3.63, 3.8) is 0 Å². The summed E-state index contributed by atoms with van der Waals surface area (Å²) in [4.78, 5) is 10.8. The van der Waals surface area contributed by atoms with Crippen molar-refractivity contribution in [3.8, 4) is 17.3 Å². The number of nitriles is 1. The Morgan fingerprint density at radius 2 is 2.24 bits per heavy atom. The first-order chi connectivity index (χ1) is 8.27. The van der Waals surface area contributed by atoms with Crippen LogP contribution in [0.5, 0.6) is 0 Å². The molecule has 0 radical (unpaired) electrons. The Labute approximate surface area is 96.1 Å². The largest absolute Gasteiger partial charge is 0.296 e. The normalized spacial score (nSPS) is 9.88. The topological polar surface area (TPSA) is 71.6 Å². The molecule has 0 aliphatic rings. The summed E-state index contributed by atoms with van der Waals surface area (Å²) >= 11 is 0. The lowest BCUT2D eigenvalue weighted by molar-refractivity contribution is 0.111. The number of benzene rings is 1. The summed E-state index contributed by atoms with van der Waals surface area (Å²) in [7, 11) is 0. The van der Waals surface area contributed by atoms with E-state index in [1.807, 2.05) is 6.07 Å². The molecule has 0 aliphatic carbocycles. The molecule has 1 aromatic carbocycles. The number of carbonyl (C=O) groups is 1. The van der Waals surface area contributed by atoms with Crippen LogP contribution in [0.15, 0.2) is 24.3 Å². The molecule has 0 amide bonds. The van der Waals surface area contributed by atoms with Crippen molar-refractivity contribution < 1.29 is 9.18 Å². The fourth-order valence-electron chi connectivity index (χ4n) is 1.51. The molecule has 0 atom stereocenters.